The lowest BCUT2D eigenvalue weighted by atomic mass is 10.0. The first-order chi connectivity index (χ1) is 8.13. The van der Waals surface area contributed by atoms with Gasteiger partial charge in [0.15, 0.2) is 5.65 Å². The Kier molecular flexibility index (Phi) is 2.21. The second-order valence-electron chi connectivity index (χ2n) is 5.49. The van der Waals surface area contributed by atoms with Crippen molar-refractivity contribution < 1.29 is 0 Å². The predicted molar refractivity (Wildman–Crippen MR) is 66.9 cm³/mol. The van der Waals surface area contributed by atoms with Crippen LogP contribution in [0, 0.1) is 0 Å². The molecular formula is C13H18N4. The molecule has 1 aliphatic carbocycles. The maximum atomic E-state index is 4.52. The minimum Gasteiger partial charge on any atom is -0.242 e. The lowest BCUT2D eigenvalue weighted by molar-refractivity contribution is 0.317. The van der Waals surface area contributed by atoms with Crippen LogP contribution in [-0.4, -0.2) is 19.7 Å². The van der Waals surface area contributed by atoms with Crippen LogP contribution in [0.5, 0.6) is 0 Å². The summed E-state index contributed by atoms with van der Waals surface area (Å²) in [6.45, 7) is 6.56. The Morgan fingerprint density at radius 2 is 2.12 bits per heavy atom. The highest BCUT2D eigenvalue weighted by Gasteiger charge is 2.29. The summed E-state index contributed by atoms with van der Waals surface area (Å²) < 4.78 is 2.04. The van der Waals surface area contributed by atoms with Crippen LogP contribution in [0.1, 0.15) is 51.6 Å². The smallest absolute Gasteiger partial charge is 0.161 e. The predicted octanol–water partition coefficient (Wildman–Crippen LogP) is 2.85. The molecule has 1 saturated carbocycles. The first-order valence-electron chi connectivity index (χ1n) is 6.32. The van der Waals surface area contributed by atoms with Crippen molar-refractivity contribution in [2.24, 2.45) is 0 Å². The van der Waals surface area contributed by atoms with Gasteiger partial charge < -0.3 is 0 Å². The van der Waals surface area contributed by atoms with Gasteiger partial charge in [-0.25, -0.2) is 14.6 Å². The molecule has 4 heteroatoms. The molecule has 0 aliphatic heterocycles. The van der Waals surface area contributed by atoms with Gasteiger partial charge in [-0.3, -0.25) is 0 Å². The van der Waals surface area contributed by atoms with Crippen LogP contribution in [0.4, 0.5) is 0 Å². The van der Waals surface area contributed by atoms with Crippen LogP contribution in [-0.2, 0) is 5.54 Å². The number of hydrogen-bond acceptors (Lipinski definition) is 3. The third-order valence-corrected chi connectivity index (χ3v) is 3.80. The number of aromatic nitrogens is 4. The summed E-state index contributed by atoms with van der Waals surface area (Å²) in [5.74, 6) is 0.642. The summed E-state index contributed by atoms with van der Waals surface area (Å²) in [4.78, 5) is 8.84. The fourth-order valence-electron chi connectivity index (χ4n) is 2.14. The molecule has 90 valence electrons. The largest absolute Gasteiger partial charge is 0.242 e. The Hall–Kier alpha value is -1.45. The first-order valence-corrected chi connectivity index (χ1v) is 6.32. The standard InChI is InChI=1S/C13H18N4/c1-4-13(2,3)17-12-10(7-16-17)11(9-5-6-9)14-8-15-12/h7-9H,4-6H2,1-3H3. The Labute approximate surface area is 101 Å². The fraction of sp³-hybridized carbons (Fsp3) is 0.615. The summed E-state index contributed by atoms with van der Waals surface area (Å²) >= 11 is 0. The van der Waals surface area contributed by atoms with E-state index in [1.165, 1.54) is 18.5 Å². The van der Waals surface area contributed by atoms with E-state index in [0.29, 0.717) is 5.92 Å². The zero-order valence-electron chi connectivity index (χ0n) is 10.6. The van der Waals surface area contributed by atoms with E-state index >= 15 is 0 Å². The maximum absolute atomic E-state index is 4.52. The number of nitrogens with zero attached hydrogens (tertiary/aromatic N) is 4. The summed E-state index contributed by atoms with van der Waals surface area (Å²) in [6, 6.07) is 0. The molecule has 17 heavy (non-hydrogen) atoms. The monoisotopic (exact) mass is 230 g/mol. The molecule has 2 aromatic rings. The van der Waals surface area contributed by atoms with Crippen LogP contribution in [0.15, 0.2) is 12.5 Å². The Bertz CT molecular complexity index is 552. The van der Waals surface area contributed by atoms with Gasteiger partial charge in [0.2, 0.25) is 0 Å². The normalized spacial score (nSPS) is 16.6. The number of fused-ring (bicyclic) bond motifs is 1. The highest BCUT2D eigenvalue weighted by atomic mass is 15.3. The molecule has 1 aliphatic rings. The van der Waals surface area contributed by atoms with E-state index in [1.54, 1.807) is 6.33 Å². The summed E-state index contributed by atoms with van der Waals surface area (Å²) in [5, 5.41) is 5.66. The van der Waals surface area contributed by atoms with Gasteiger partial charge in [-0.2, -0.15) is 5.10 Å². The lowest BCUT2D eigenvalue weighted by Crippen LogP contribution is -2.26. The minimum atomic E-state index is 0.0108. The minimum absolute atomic E-state index is 0.0108. The Balaban J connectivity index is 2.19. The Morgan fingerprint density at radius 1 is 1.35 bits per heavy atom. The molecule has 0 amide bonds. The van der Waals surface area contributed by atoms with Crippen molar-refractivity contribution in [1.29, 1.82) is 0 Å². The molecule has 0 unspecified atom stereocenters. The van der Waals surface area contributed by atoms with E-state index in [2.05, 4.69) is 35.8 Å². The average Bonchev–Trinajstić information content (AvgIpc) is 3.07. The van der Waals surface area contributed by atoms with E-state index < -0.39 is 0 Å². The highest BCUT2D eigenvalue weighted by Crippen LogP contribution is 2.41. The van der Waals surface area contributed by atoms with Crippen LogP contribution in [0.3, 0.4) is 0 Å². The molecule has 2 aromatic heterocycles. The van der Waals surface area contributed by atoms with Crippen molar-refractivity contribution in [1.82, 2.24) is 19.7 Å². The zero-order chi connectivity index (χ0) is 12.0. The quantitative estimate of drug-likeness (QED) is 0.814. The SMILES string of the molecule is CCC(C)(C)n1ncc2c(C3CC3)ncnc21. The van der Waals surface area contributed by atoms with E-state index in [-0.39, 0.29) is 5.54 Å². The second-order valence-corrected chi connectivity index (χ2v) is 5.49. The lowest BCUT2D eigenvalue weighted by Gasteiger charge is -2.23. The van der Waals surface area contributed by atoms with Gasteiger partial charge in [0, 0.05) is 5.92 Å². The van der Waals surface area contributed by atoms with Gasteiger partial charge in [-0.1, -0.05) is 6.92 Å². The van der Waals surface area contributed by atoms with E-state index in [1.807, 2.05) is 10.9 Å². The van der Waals surface area contributed by atoms with Gasteiger partial charge >= 0.3 is 0 Å². The molecular weight excluding hydrogens is 212 g/mol. The van der Waals surface area contributed by atoms with Crippen LogP contribution in [0.25, 0.3) is 11.0 Å². The van der Waals surface area contributed by atoms with Crippen LogP contribution < -0.4 is 0 Å². The molecule has 2 heterocycles. The van der Waals surface area contributed by atoms with Gasteiger partial charge in [0.25, 0.3) is 0 Å². The van der Waals surface area contributed by atoms with E-state index in [4.69, 9.17) is 0 Å². The van der Waals surface area contributed by atoms with Crippen LogP contribution in [0.2, 0.25) is 0 Å². The summed E-state index contributed by atoms with van der Waals surface area (Å²) in [5.41, 5.74) is 2.18. The third kappa shape index (κ3) is 1.63. The molecule has 0 aromatic carbocycles. The van der Waals surface area contributed by atoms with Crippen molar-refractivity contribution in [2.45, 2.75) is 51.5 Å². The fourth-order valence-corrected chi connectivity index (χ4v) is 2.14. The molecule has 0 radical (unpaired) electrons. The van der Waals surface area contributed by atoms with E-state index in [0.717, 1.165) is 17.5 Å². The van der Waals surface area contributed by atoms with Crippen molar-refractivity contribution >= 4 is 11.0 Å². The molecule has 3 rings (SSSR count). The van der Waals surface area contributed by atoms with E-state index in [9.17, 15) is 0 Å². The maximum Gasteiger partial charge on any atom is 0.161 e. The van der Waals surface area contributed by atoms with Crippen molar-refractivity contribution in [3.8, 4) is 0 Å². The second kappa shape index (κ2) is 3.52. The van der Waals surface area contributed by atoms with Gasteiger partial charge in [0.1, 0.15) is 6.33 Å². The average molecular weight is 230 g/mol. The first kappa shape index (κ1) is 10.7. The van der Waals surface area contributed by atoms with Crippen LogP contribution >= 0.6 is 0 Å². The van der Waals surface area contributed by atoms with Crippen molar-refractivity contribution in [2.75, 3.05) is 0 Å². The van der Waals surface area contributed by atoms with Gasteiger partial charge in [0.05, 0.1) is 22.8 Å². The number of hydrogen-bond donors (Lipinski definition) is 0. The number of rotatable bonds is 3. The highest BCUT2D eigenvalue weighted by molar-refractivity contribution is 5.78. The van der Waals surface area contributed by atoms with Crippen molar-refractivity contribution in [3.63, 3.8) is 0 Å². The molecule has 4 nitrogen and oxygen atoms in total. The summed E-state index contributed by atoms with van der Waals surface area (Å²) in [6.07, 6.45) is 7.16. The molecule has 0 bridgehead atoms. The molecule has 0 saturated heterocycles. The molecule has 0 spiro atoms. The van der Waals surface area contributed by atoms with Gasteiger partial charge in [-0.05, 0) is 33.1 Å². The Morgan fingerprint density at radius 3 is 2.76 bits per heavy atom. The molecule has 0 atom stereocenters. The van der Waals surface area contributed by atoms with Crippen molar-refractivity contribution in [3.05, 3.63) is 18.2 Å². The topological polar surface area (TPSA) is 43.6 Å². The summed E-state index contributed by atoms with van der Waals surface area (Å²) in [7, 11) is 0. The molecule has 1 fully saturated rings. The zero-order valence-corrected chi connectivity index (χ0v) is 10.6. The third-order valence-electron chi connectivity index (χ3n) is 3.80. The van der Waals surface area contributed by atoms with Gasteiger partial charge in [-0.15, -0.1) is 0 Å². The molecule has 0 N–H and O–H groups in total.